The number of nitrogens with zero attached hydrogens (tertiary/aromatic N) is 3. The second-order valence-electron chi connectivity index (χ2n) is 7.98. The van der Waals surface area contributed by atoms with Crippen LogP contribution in [-0.2, 0) is 9.63 Å². The molecule has 2 unspecified atom stereocenters. The fraction of sp³-hybridized carbons (Fsp3) is 0.364. The van der Waals surface area contributed by atoms with Gasteiger partial charge >= 0.3 is 0 Å². The van der Waals surface area contributed by atoms with Crippen LogP contribution in [0.5, 0.6) is 5.75 Å². The number of rotatable bonds is 7. The van der Waals surface area contributed by atoms with Crippen LogP contribution in [0.4, 0.5) is 0 Å². The van der Waals surface area contributed by atoms with Gasteiger partial charge in [-0.2, -0.15) is 5.26 Å². The third-order valence-electron chi connectivity index (χ3n) is 3.94. The van der Waals surface area contributed by atoms with E-state index in [0.29, 0.717) is 5.75 Å². The summed E-state index contributed by atoms with van der Waals surface area (Å²) in [5, 5.41) is 16.4. The molecule has 1 N–H and O–H groups in total. The van der Waals surface area contributed by atoms with Crippen molar-refractivity contribution < 1.29 is 14.4 Å². The van der Waals surface area contributed by atoms with Gasteiger partial charge in [0.15, 0.2) is 5.54 Å². The van der Waals surface area contributed by atoms with Crippen LogP contribution in [0.1, 0.15) is 12.5 Å². The van der Waals surface area contributed by atoms with E-state index >= 15 is 0 Å². The van der Waals surface area contributed by atoms with E-state index in [-0.39, 0.29) is 0 Å². The van der Waals surface area contributed by atoms with Crippen molar-refractivity contribution in [1.82, 2.24) is 10.3 Å². The standard InChI is InChI=1S/C22H26N4O3SSi/c1-22(14-23,15-25-28-2)26-20(27)21(30-3)29-18-7-8-19-17(12-18)11-16(13-24-19)9-10-31(4,5)6/h7-8,11-13,15,21H,1-6H3,(H,26,27). The summed E-state index contributed by atoms with van der Waals surface area (Å²) in [4.78, 5) is 21.7. The molecule has 0 saturated carbocycles. The maximum absolute atomic E-state index is 12.7. The lowest BCUT2D eigenvalue weighted by Crippen LogP contribution is -2.50. The molecule has 0 saturated heterocycles. The Labute approximate surface area is 188 Å². The Bertz CT molecular complexity index is 1080. The van der Waals surface area contributed by atoms with Crippen molar-refractivity contribution in [3.05, 3.63) is 36.0 Å². The fourth-order valence-electron chi connectivity index (χ4n) is 2.41. The topological polar surface area (TPSA) is 96.6 Å². The Kier molecular flexibility index (Phi) is 8.09. The molecule has 1 aromatic carbocycles. The molecular weight excluding hydrogens is 428 g/mol. The van der Waals surface area contributed by atoms with Crippen LogP contribution in [0.2, 0.25) is 19.6 Å². The molecule has 0 radical (unpaired) electrons. The lowest BCUT2D eigenvalue weighted by molar-refractivity contribution is -0.125. The number of hydrogen-bond acceptors (Lipinski definition) is 7. The van der Waals surface area contributed by atoms with Gasteiger partial charge in [-0.05, 0) is 37.4 Å². The largest absolute Gasteiger partial charge is 0.470 e. The summed E-state index contributed by atoms with van der Waals surface area (Å²) in [5.74, 6) is 3.27. The van der Waals surface area contributed by atoms with Crippen molar-refractivity contribution in [2.45, 2.75) is 37.5 Å². The lowest BCUT2D eigenvalue weighted by Gasteiger charge is -2.22. The summed E-state index contributed by atoms with van der Waals surface area (Å²) in [5.41, 5.74) is 2.81. The van der Waals surface area contributed by atoms with Crippen LogP contribution in [0, 0.1) is 22.8 Å². The van der Waals surface area contributed by atoms with Crippen LogP contribution in [-0.4, -0.2) is 49.5 Å². The van der Waals surface area contributed by atoms with Crippen LogP contribution in [0.15, 0.2) is 35.6 Å². The molecule has 162 valence electrons. The number of nitrogens with one attached hydrogen (secondary N) is 1. The number of carbonyl (C=O) groups excluding carboxylic acids is 1. The summed E-state index contributed by atoms with van der Waals surface area (Å²) >= 11 is 1.21. The minimum absolute atomic E-state index is 0.452. The van der Waals surface area contributed by atoms with Crippen molar-refractivity contribution in [3.63, 3.8) is 0 Å². The Morgan fingerprint density at radius 2 is 2.13 bits per heavy atom. The zero-order valence-corrected chi connectivity index (χ0v) is 20.3. The van der Waals surface area contributed by atoms with Gasteiger partial charge in [-0.15, -0.1) is 17.3 Å². The lowest BCUT2D eigenvalue weighted by atomic mass is 10.1. The number of thioether (sulfide) groups is 1. The minimum atomic E-state index is -1.49. The summed E-state index contributed by atoms with van der Waals surface area (Å²) < 4.78 is 5.89. The van der Waals surface area contributed by atoms with Gasteiger partial charge in [0.25, 0.3) is 5.91 Å². The zero-order valence-electron chi connectivity index (χ0n) is 18.5. The van der Waals surface area contributed by atoms with E-state index in [2.05, 4.69) is 51.4 Å². The highest BCUT2D eigenvalue weighted by Gasteiger charge is 2.29. The highest BCUT2D eigenvalue weighted by Crippen LogP contribution is 2.23. The highest BCUT2D eigenvalue weighted by atomic mass is 32.2. The summed E-state index contributed by atoms with van der Waals surface area (Å²) in [7, 11) is -0.128. The van der Waals surface area contributed by atoms with Gasteiger partial charge in [-0.25, -0.2) is 0 Å². The van der Waals surface area contributed by atoms with Crippen molar-refractivity contribution in [2.24, 2.45) is 5.16 Å². The molecule has 0 aliphatic carbocycles. The highest BCUT2D eigenvalue weighted by molar-refractivity contribution is 7.99. The maximum atomic E-state index is 12.7. The third-order valence-corrected chi connectivity index (χ3v) is 5.55. The normalized spacial score (nSPS) is 14.1. The van der Waals surface area contributed by atoms with Crippen LogP contribution >= 0.6 is 11.8 Å². The molecule has 31 heavy (non-hydrogen) atoms. The molecular formula is C22H26N4O3SSi. The van der Waals surface area contributed by atoms with Gasteiger partial charge in [-0.1, -0.05) is 30.7 Å². The smallest absolute Gasteiger partial charge is 0.273 e. The Morgan fingerprint density at radius 1 is 1.39 bits per heavy atom. The number of amides is 1. The van der Waals surface area contributed by atoms with E-state index < -0.39 is 25.0 Å². The zero-order chi connectivity index (χ0) is 23.1. The van der Waals surface area contributed by atoms with E-state index in [9.17, 15) is 10.1 Å². The number of nitriles is 1. The van der Waals surface area contributed by atoms with E-state index in [1.165, 1.54) is 32.0 Å². The molecule has 0 aliphatic rings. The van der Waals surface area contributed by atoms with Gasteiger partial charge in [0.2, 0.25) is 5.44 Å². The Morgan fingerprint density at radius 3 is 2.74 bits per heavy atom. The van der Waals surface area contributed by atoms with E-state index in [1.807, 2.05) is 24.3 Å². The Balaban J connectivity index is 2.23. The molecule has 2 atom stereocenters. The maximum Gasteiger partial charge on any atom is 0.273 e. The van der Waals surface area contributed by atoms with Crippen molar-refractivity contribution >= 4 is 42.9 Å². The molecule has 0 spiro atoms. The second kappa shape index (κ2) is 10.3. The van der Waals surface area contributed by atoms with Crippen LogP contribution in [0.25, 0.3) is 10.9 Å². The number of carbonyl (C=O) groups is 1. The summed E-state index contributed by atoms with van der Waals surface area (Å²) in [6.07, 6.45) is 4.75. The number of fused-ring (bicyclic) bond motifs is 1. The van der Waals surface area contributed by atoms with Crippen molar-refractivity contribution in [1.29, 1.82) is 5.26 Å². The number of pyridine rings is 1. The van der Waals surface area contributed by atoms with Gasteiger partial charge in [0.05, 0.1) is 17.8 Å². The number of benzene rings is 1. The quantitative estimate of drug-likeness (QED) is 0.226. The molecule has 0 bridgehead atoms. The van der Waals surface area contributed by atoms with Gasteiger partial charge in [0.1, 0.15) is 20.9 Å². The number of hydrogen-bond donors (Lipinski definition) is 1. The monoisotopic (exact) mass is 454 g/mol. The SMILES string of the molecule is CON=CC(C)(C#N)NC(=O)C(Oc1ccc2ncc(C#C[Si](C)(C)C)cc2c1)SC. The molecule has 1 amide bonds. The molecule has 0 aliphatic heterocycles. The van der Waals surface area contributed by atoms with Crippen LogP contribution < -0.4 is 10.1 Å². The molecule has 1 aromatic heterocycles. The average molecular weight is 455 g/mol. The minimum Gasteiger partial charge on any atom is -0.470 e. The first-order valence-corrected chi connectivity index (χ1v) is 14.3. The van der Waals surface area contributed by atoms with Crippen LogP contribution in [0.3, 0.4) is 0 Å². The summed E-state index contributed by atoms with van der Waals surface area (Å²) in [6.45, 7) is 8.08. The van der Waals surface area contributed by atoms with Crippen molar-refractivity contribution in [3.8, 4) is 23.3 Å². The molecule has 9 heteroatoms. The first-order valence-electron chi connectivity index (χ1n) is 9.52. The molecule has 7 nitrogen and oxygen atoms in total. The summed E-state index contributed by atoms with van der Waals surface area (Å²) in [6, 6.07) is 9.38. The molecule has 0 fully saturated rings. The molecule has 2 aromatic rings. The van der Waals surface area contributed by atoms with E-state index in [1.54, 1.807) is 18.5 Å². The molecule has 2 rings (SSSR count). The third kappa shape index (κ3) is 7.32. The first-order chi connectivity index (χ1) is 14.6. The Hall–Kier alpha value is -3.01. The average Bonchev–Trinajstić information content (AvgIpc) is 2.73. The van der Waals surface area contributed by atoms with Gasteiger partial charge in [0, 0.05) is 17.1 Å². The number of oxime groups is 1. The van der Waals surface area contributed by atoms with Gasteiger partial charge < -0.3 is 14.9 Å². The first kappa shape index (κ1) is 24.3. The number of aromatic nitrogens is 1. The van der Waals surface area contributed by atoms with E-state index in [4.69, 9.17) is 4.74 Å². The fourth-order valence-corrected chi connectivity index (χ4v) is 3.41. The predicted molar refractivity (Wildman–Crippen MR) is 128 cm³/mol. The van der Waals surface area contributed by atoms with Crippen molar-refractivity contribution in [2.75, 3.05) is 13.4 Å². The predicted octanol–water partition coefficient (Wildman–Crippen LogP) is 3.56. The number of ether oxygens (including phenoxy) is 1. The van der Waals surface area contributed by atoms with Gasteiger partial charge in [-0.3, -0.25) is 9.78 Å². The second-order valence-corrected chi connectivity index (χ2v) is 13.6. The van der Waals surface area contributed by atoms with E-state index in [0.717, 1.165) is 16.5 Å². The molecule has 1 heterocycles.